The molecule has 4 aromatic carbocycles. The summed E-state index contributed by atoms with van der Waals surface area (Å²) in [5, 5.41) is 0. The minimum atomic E-state index is -5.70. The third-order valence-corrected chi connectivity index (χ3v) is 20.8. The SMILES string of the molecule is CC(C)(CCl)C(=O)N(C(=O)CCc1ccccc1)c1ccc(F)[c]([Ti]([C]2=CC=CC2)([C]2=CC=CC2)[c]2c(F)ccc(N(C(=O)CCc3ccccc3)C(=O)C(C)(C)CCl)c2F)c1F. The summed E-state index contributed by atoms with van der Waals surface area (Å²) in [5.74, 6) is -8.85. The molecule has 2 aliphatic carbocycles. The molecule has 2 aliphatic rings. The summed E-state index contributed by atoms with van der Waals surface area (Å²) in [4.78, 5) is 58.6. The van der Waals surface area contributed by atoms with Crippen LogP contribution >= 0.6 is 23.2 Å². The van der Waals surface area contributed by atoms with Crippen LogP contribution in [0.2, 0.25) is 0 Å². The van der Waals surface area contributed by atoms with Crippen LogP contribution in [-0.2, 0) is 48.6 Å². The second kappa shape index (κ2) is 19.9. The van der Waals surface area contributed by atoms with Crippen LogP contribution in [0.25, 0.3) is 0 Å². The predicted octanol–water partition coefficient (Wildman–Crippen LogP) is 10.6. The standard InChI is InChI=1S/2C20H19ClF2NO2.2C5H5.Ti/c2*1-20(2,13-21)19(26)24(17-10-9-15(22)12-16(17)23)18(25)11-8-14-6-4-3-5-7-14;2*1-2-4-5-3-1;/h2*3-7,9-10H,8,11,13H2,1-2H3;2*1-3H,4H2;. The van der Waals surface area contributed by atoms with E-state index in [-0.39, 0.29) is 50.3 Å². The summed E-state index contributed by atoms with van der Waals surface area (Å²) < 4.78 is 70.2. The van der Waals surface area contributed by atoms with Crippen LogP contribution in [0.5, 0.6) is 0 Å². The van der Waals surface area contributed by atoms with Crippen molar-refractivity contribution in [3.05, 3.63) is 164 Å². The van der Waals surface area contributed by atoms with Gasteiger partial charge in [-0.15, -0.1) is 0 Å². The third-order valence-electron chi connectivity index (χ3n) is 11.6. The van der Waals surface area contributed by atoms with Crippen LogP contribution in [0.1, 0.15) is 64.5 Å². The van der Waals surface area contributed by atoms with Crippen LogP contribution in [-0.4, -0.2) is 35.4 Å². The van der Waals surface area contributed by atoms with E-state index in [4.69, 9.17) is 23.2 Å². The molecule has 0 aromatic heterocycles. The van der Waals surface area contributed by atoms with Crippen LogP contribution in [0, 0.1) is 34.1 Å². The molecule has 6 nitrogen and oxygen atoms in total. The van der Waals surface area contributed by atoms with E-state index < -0.39 is 93.4 Å². The van der Waals surface area contributed by atoms with Gasteiger partial charge < -0.3 is 0 Å². The molecule has 0 spiro atoms. The van der Waals surface area contributed by atoms with Crippen molar-refractivity contribution in [2.75, 3.05) is 21.6 Å². The fraction of sp³-hybridized carbons (Fsp3) is 0.280. The molecule has 13 heteroatoms. The maximum atomic E-state index is 18.2. The molecule has 6 rings (SSSR count). The van der Waals surface area contributed by atoms with E-state index in [9.17, 15) is 19.2 Å². The first-order valence-corrected chi connectivity index (χ1v) is 24.8. The molecule has 0 saturated carbocycles. The molecule has 0 saturated heterocycles. The van der Waals surface area contributed by atoms with Crippen LogP contribution in [0.4, 0.5) is 28.9 Å². The van der Waals surface area contributed by atoms with Crippen molar-refractivity contribution in [1.29, 1.82) is 0 Å². The number of halogens is 6. The zero-order valence-corrected chi connectivity index (χ0v) is 38.6. The topological polar surface area (TPSA) is 74.8 Å². The van der Waals surface area contributed by atoms with Gasteiger partial charge in [-0.25, -0.2) is 0 Å². The number of rotatable bonds is 16. The average Bonchev–Trinajstić information content (AvgIpc) is 4.03. The number of benzene rings is 4. The first kappa shape index (κ1) is 47.6. The predicted molar refractivity (Wildman–Crippen MR) is 239 cm³/mol. The number of anilines is 2. The van der Waals surface area contributed by atoms with Crippen LogP contribution in [0.15, 0.2) is 129 Å². The van der Waals surface area contributed by atoms with Gasteiger partial charge in [0.25, 0.3) is 0 Å². The number of hydrogen-bond acceptors (Lipinski definition) is 4. The van der Waals surface area contributed by atoms with Gasteiger partial charge in [0, 0.05) is 0 Å². The molecule has 0 N–H and O–H groups in total. The Labute approximate surface area is 379 Å². The molecule has 0 heterocycles. The molecule has 0 bridgehead atoms. The van der Waals surface area contributed by atoms with E-state index >= 15 is 17.6 Å². The number of carbonyl (C=O) groups is 4. The third kappa shape index (κ3) is 9.51. The summed E-state index contributed by atoms with van der Waals surface area (Å²) in [6, 6.07) is 21.7. The summed E-state index contributed by atoms with van der Waals surface area (Å²) in [7, 11) is 0. The normalized spacial score (nSPS) is 13.8. The molecule has 63 heavy (non-hydrogen) atoms. The van der Waals surface area contributed by atoms with Crippen molar-refractivity contribution in [3.63, 3.8) is 0 Å². The number of aryl methyl sites for hydroxylation is 2. The Balaban J connectivity index is 1.63. The summed E-state index contributed by atoms with van der Waals surface area (Å²) in [5.41, 5.74) is -2.48. The summed E-state index contributed by atoms with van der Waals surface area (Å²) in [6.45, 7) is 5.96. The van der Waals surface area contributed by atoms with E-state index in [1.807, 2.05) is 12.1 Å². The Morgan fingerprint density at radius 1 is 0.571 bits per heavy atom. The second-order valence-electron chi connectivity index (χ2n) is 17.0. The minimum absolute atomic E-state index is 0.0550. The fourth-order valence-corrected chi connectivity index (χ4v) is 16.5. The Hall–Kier alpha value is -4.87. The summed E-state index contributed by atoms with van der Waals surface area (Å²) in [6.07, 6.45) is 9.84. The van der Waals surface area contributed by atoms with Crippen molar-refractivity contribution in [2.24, 2.45) is 10.8 Å². The molecular formula is C50H48Cl2F4N2O4Ti. The van der Waals surface area contributed by atoms with Crippen molar-refractivity contribution in [1.82, 2.24) is 0 Å². The van der Waals surface area contributed by atoms with Gasteiger partial charge >= 0.3 is 381 Å². The molecule has 0 unspecified atom stereocenters. The van der Waals surface area contributed by atoms with Gasteiger partial charge in [-0.05, 0) is 0 Å². The first-order chi connectivity index (χ1) is 30.0. The molecule has 4 aromatic rings. The zero-order chi connectivity index (χ0) is 45.7. The number of nitrogens with zero attached hydrogens (tertiary/aromatic N) is 2. The number of amides is 4. The van der Waals surface area contributed by atoms with E-state index in [1.54, 1.807) is 85.0 Å². The zero-order valence-electron chi connectivity index (χ0n) is 35.5. The molecule has 0 aliphatic heterocycles. The van der Waals surface area contributed by atoms with Gasteiger partial charge in [-0.2, -0.15) is 0 Å². The van der Waals surface area contributed by atoms with Crippen molar-refractivity contribution in [2.45, 2.75) is 66.2 Å². The molecule has 0 radical (unpaired) electrons. The van der Waals surface area contributed by atoms with Gasteiger partial charge in [-0.3, -0.25) is 0 Å². The van der Waals surface area contributed by atoms with Crippen LogP contribution in [0.3, 0.4) is 0 Å². The van der Waals surface area contributed by atoms with Crippen molar-refractivity contribution < 1.29 is 53.3 Å². The Morgan fingerprint density at radius 3 is 1.25 bits per heavy atom. The van der Waals surface area contributed by atoms with Gasteiger partial charge in [0.2, 0.25) is 0 Å². The number of alkyl halides is 2. The van der Waals surface area contributed by atoms with E-state index in [2.05, 4.69) is 0 Å². The number of carbonyl (C=O) groups excluding carboxylic acids is 4. The van der Waals surface area contributed by atoms with Gasteiger partial charge in [0.05, 0.1) is 0 Å². The average molecular weight is 936 g/mol. The van der Waals surface area contributed by atoms with Crippen molar-refractivity contribution >= 4 is 65.9 Å². The maximum absolute atomic E-state index is 18.2. The van der Waals surface area contributed by atoms with Gasteiger partial charge in [-0.1, -0.05) is 0 Å². The molecule has 0 fully saturated rings. The summed E-state index contributed by atoms with van der Waals surface area (Å²) >= 11 is 6.80. The van der Waals surface area contributed by atoms with E-state index in [0.717, 1.165) is 35.4 Å². The van der Waals surface area contributed by atoms with Gasteiger partial charge in [0.1, 0.15) is 0 Å². The van der Waals surface area contributed by atoms with Crippen LogP contribution < -0.4 is 17.5 Å². The monoisotopic (exact) mass is 934 g/mol. The van der Waals surface area contributed by atoms with E-state index in [0.29, 0.717) is 17.6 Å². The van der Waals surface area contributed by atoms with E-state index in [1.165, 1.54) is 27.7 Å². The molecular weight excluding hydrogens is 887 g/mol. The molecule has 0 atom stereocenters. The Kier molecular flexibility index (Phi) is 15.0. The molecule has 4 amide bonds. The van der Waals surface area contributed by atoms with Gasteiger partial charge in [0.15, 0.2) is 0 Å². The first-order valence-electron chi connectivity index (χ1n) is 20.6. The second-order valence-corrected chi connectivity index (χ2v) is 23.4. The molecule has 328 valence electrons. The number of allylic oxidation sites excluding steroid dienone is 8. The number of imide groups is 2. The Morgan fingerprint density at radius 2 is 0.937 bits per heavy atom. The quantitative estimate of drug-likeness (QED) is 0.0637. The van der Waals surface area contributed by atoms with Crippen molar-refractivity contribution in [3.8, 4) is 0 Å². The number of hydrogen-bond donors (Lipinski definition) is 0. The Bertz CT molecular complexity index is 2360. The fourth-order valence-electron chi connectivity index (χ4n) is 7.99.